The van der Waals surface area contributed by atoms with E-state index in [2.05, 4.69) is 33.0 Å². The van der Waals surface area contributed by atoms with Crippen molar-refractivity contribution in [3.05, 3.63) is 44.8 Å². The third-order valence-corrected chi connectivity index (χ3v) is 5.31. The van der Waals surface area contributed by atoms with Gasteiger partial charge in [0.1, 0.15) is 0 Å². The van der Waals surface area contributed by atoms with Crippen molar-refractivity contribution < 1.29 is 14.3 Å². The van der Waals surface area contributed by atoms with Crippen LogP contribution in [0.5, 0.6) is 0 Å². The van der Waals surface area contributed by atoms with Crippen molar-refractivity contribution in [1.82, 2.24) is 9.78 Å². The minimum atomic E-state index is -0.361. The molecule has 134 valence electrons. The zero-order chi connectivity index (χ0) is 18.4. The molecule has 1 N–H and O–H groups in total. The van der Waals surface area contributed by atoms with Crippen LogP contribution in [0.1, 0.15) is 41.5 Å². The van der Waals surface area contributed by atoms with Crippen molar-refractivity contribution in [2.45, 2.75) is 40.2 Å². The van der Waals surface area contributed by atoms with E-state index in [1.54, 1.807) is 31.2 Å². The number of benzene rings is 1. The summed E-state index contributed by atoms with van der Waals surface area (Å²) in [6.45, 7) is 6.83. The average molecular weight is 455 g/mol. The van der Waals surface area contributed by atoms with E-state index in [0.29, 0.717) is 37.2 Å². The van der Waals surface area contributed by atoms with E-state index in [9.17, 15) is 9.59 Å². The van der Waals surface area contributed by atoms with E-state index in [0.717, 1.165) is 11.4 Å². The van der Waals surface area contributed by atoms with Gasteiger partial charge in [-0.2, -0.15) is 5.10 Å². The second kappa shape index (κ2) is 8.98. The summed E-state index contributed by atoms with van der Waals surface area (Å²) in [5.41, 5.74) is 3.29. The molecule has 0 saturated carbocycles. The van der Waals surface area contributed by atoms with E-state index in [4.69, 9.17) is 4.74 Å². The molecule has 0 aliphatic heterocycles. The number of hydrogen-bond donors (Lipinski definition) is 1. The number of carbonyl (C=O) groups excluding carboxylic acids is 2. The van der Waals surface area contributed by atoms with E-state index >= 15 is 0 Å². The first-order valence-electron chi connectivity index (χ1n) is 8.19. The zero-order valence-electron chi connectivity index (χ0n) is 14.6. The van der Waals surface area contributed by atoms with E-state index in [1.165, 1.54) is 3.57 Å². The minimum Gasteiger partial charge on any atom is -0.462 e. The fraction of sp³-hybridized carbons (Fsp3) is 0.389. The summed E-state index contributed by atoms with van der Waals surface area (Å²) in [7, 11) is 0. The zero-order valence-corrected chi connectivity index (χ0v) is 16.8. The van der Waals surface area contributed by atoms with Crippen molar-refractivity contribution in [3.8, 4) is 0 Å². The highest BCUT2D eigenvalue weighted by molar-refractivity contribution is 14.1. The van der Waals surface area contributed by atoms with Crippen LogP contribution in [0.3, 0.4) is 0 Å². The maximum atomic E-state index is 12.0. The number of aryl methyl sites for hydroxylation is 2. The Morgan fingerprint density at radius 1 is 1.24 bits per heavy atom. The number of carbonyl (C=O) groups is 2. The molecule has 25 heavy (non-hydrogen) atoms. The Balaban J connectivity index is 1.82. The first kappa shape index (κ1) is 19.4. The van der Waals surface area contributed by atoms with Gasteiger partial charge in [-0.15, -0.1) is 0 Å². The van der Waals surface area contributed by atoms with E-state index in [1.807, 2.05) is 18.5 Å². The van der Waals surface area contributed by atoms with Gasteiger partial charge in [-0.1, -0.05) is 0 Å². The number of aromatic nitrogens is 2. The normalized spacial score (nSPS) is 10.6. The van der Waals surface area contributed by atoms with Crippen molar-refractivity contribution in [2.24, 2.45) is 0 Å². The van der Waals surface area contributed by atoms with Crippen LogP contribution in [0.25, 0.3) is 0 Å². The molecule has 0 aliphatic carbocycles. The van der Waals surface area contributed by atoms with Gasteiger partial charge in [-0.25, -0.2) is 4.79 Å². The highest BCUT2D eigenvalue weighted by atomic mass is 127. The summed E-state index contributed by atoms with van der Waals surface area (Å²) in [6, 6.07) is 6.69. The molecular weight excluding hydrogens is 433 g/mol. The molecule has 0 aliphatic rings. The van der Waals surface area contributed by atoms with Crippen LogP contribution in [0.15, 0.2) is 24.3 Å². The molecule has 1 amide bonds. The Labute approximate surface area is 161 Å². The molecule has 1 heterocycles. The van der Waals surface area contributed by atoms with Crippen LogP contribution in [-0.2, 0) is 16.1 Å². The summed E-state index contributed by atoms with van der Waals surface area (Å²) < 4.78 is 8.04. The monoisotopic (exact) mass is 455 g/mol. The predicted octanol–water partition coefficient (Wildman–Crippen LogP) is 3.70. The lowest BCUT2D eigenvalue weighted by Crippen LogP contribution is -2.13. The third-order valence-electron chi connectivity index (χ3n) is 3.75. The van der Waals surface area contributed by atoms with Crippen LogP contribution < -0.4 is 5.32 Å². The molecule has 0 radical (unpaired) electrons. The molecule has 0 atom stereocenters. The second-order valence-electron chi connectivity index (χ2n) is 5.66. The fourth-order valence-electron chi connectivity index (χ4n) is 2.41. The average Bonchev–Trinajstić information content (AvgIpc) is 2.83. The number of rotatable bonds is 7. The van der Waals surface area contributed by atoms with Crippen molar-refractivity contribution in [2.75, 3.05) is 11.9 Å². The first-order chi connectivity index (χ1) is 11.9. The Bertz CT molecular complexity index is 754. The lowest BCUT2D eigenvalue weighted by molar-refractivity contribution is -0.116. The van der Waals surface area contributed by atoms with Crippen LogP contribution >= 0.6 is 22.6 Å². The van der Waals surface area contributed by atoms with Gasteiger partial charge < -0.3 is 10.1 Å². The van der Waals surface area contributed by atoms with Gasteiger partial charge >= 0.3 is 5.97 Å². The van der Waals surface area contributed by atoms with Crippen molar-refractivity contribution in [3.63, 3.8) is 0 Å². The van der Waals surface area contributed by atoms with Crippen LogP contribution in [0.2, 0.25) is 0 Å². The molecule has 7 heteroatoms. The summed E-state index contributed by atoms with van der Waals surface area (Å²) in [4.78, 5) is 23.6. The number of amides is 1. The molecule has 0 spiro atoms. The maximum Gasteiger partial charge on any atom is 0.338 e. The topological polar surface area (TPSA) is 73.2 Å². The molecule has 2 rings (SSSR count). The lowest BCUT2D eigenvalue weighted by Gasteiger charge is -2.07. The number of hydrogen-bond acceptors (Lipinski definition) is 4. The van der Waals surface area contributed by atoms with Gasteiger partial charge in [0.05, 0.1) is 21.4 Å². The fourth-order valence-corrected chi connectivity index (χ4v) is 2.80. The number of ether oxygens (including phenoxy) is 1. The molecule has 0 unspecified atom stereocenters. The van der Waals surface area contributed by atoms with Gasteiger partial charge in [0, 0.05) is 24.3 Å². The second-order valence-corrected chi connectivity index (χ2v) is 6.74. The first-order valence-corrected chi connectivity index (χ1v) is 9.26. The standard InChI is InChI=1S/C18H22IN3O3/c1-4-25-18(24)14-7-9-15(10-8-14)20-16(23)6-5-11-22-13(3)17(19)12(2)21-22/h7-10H,4-6,11H2,1-3H3,(H,20,23). The minimum absolute atomic E-state index is 0.0555. The number of halogens is 1. The van der Waals surface area contributed by atoms with Gasteiger partial charge in [0.15, 0.2) is 0 Å². The molecule has 1 aromatic carbocycles. The molecule has 0 bridgehead atoms. The number of nitrogens with zero attached hydrogens (tertiary/aromatic N) is 2. The Morgan fingerprint density at radius 3 is 2.48 bits per heavy atom. The van der Waals surface area contributed by atoms with Gasteiger partial charge in [-0.05, 0) is 74.0 Å². The Morgan fingerprint density at radius 2 is 1.92 bits per heavy atom. The Kier molecular flexibility index (Phi) is 6.98. The number of nitrogens with one attached hydrogen (secondary N) is 1. The molecule has 0 fully saturated rings. The highest BCUT2D eigenvalue weighted by Gasteiger charge is 2.10. The van der Waals surface area contributed by atoms with E-state index in [-0.39, 0.29) is 11.9 Å². The molecule has 2 aromatic rings. The molecule has 0 saturated heterocycles. The molecule has 6 nitrogen and oxygen atoms in total. The van der Waals surface area contributed by atoms with Crippen molar-refractivity contribution >= 4 is 40.2 Å². The number of esters is 1. The summed E-state index contributed by atoms with van der Waals surface area (Å²) in [6.07, 6.45) is 1.12. The predicted molar refractivity (Wildman–Crippen MR) is 105 cm³/mol. The summed E-state index contributed by atoms with van der Waals surface area (Å²) in [5, 5.41) is 7.30. The quantitative estimate of drug-likeness (QED) is 0.511. The maximum absolute atomic E-state index is 12.0. The van der Waals surface area contributed by atoms with Gasteiger partial charge in [0.25, 0.3) is 0 Å². The summed E-state index contributed by atoms with van der Waals surface area (Å²) in [5.74, 6) is -0.417. The third kappa shape index (κ3) is 5.29. The van der Waals surface area contributed by atoms with Crippen LogP contribution in [0.4, 0.5) is 5.69 Å². The lowest BCUT2D eigenvalue weighted by atomic mass is 10.2. The molecule has 1 aromatic heterocycles. The highest BCUT2D eigenvalue weighted by Crippen LogP contribution is 2.16. The Hall–Kier alpha value is -1.90. The van der Waals surface area contributed by atoms with Crippen LogP contribution in [-0.4, -0.2) is 28.3 Å². The van der Waals surface area contributed by atoms with Crippen LogP contribution in [0, 0.1) is 17.4 Å². The van der Waals surface area contributed by atoms with E-state index < -0.39 is 0 Å². The largest absolute Gasteiger partial charge is 0.462 e. The smallest absolute Gasteiger partial charge is 0.338 e. The number of anilines is 1. The summed E-state index contributed by atoms with van der Waals surface area (Å²) >= 11 is 2.29. The van der Waals surface area contributed by atoms with Gasteiger partial charge in [0.2, 0.25) is 5.91 Å². The molecular formula is C18H22IN3O3. The van der Waals surface area contributed by atoms with Crippen molar-refractivity contribution in [1.29, 1.82) is 0 Å². The SMILES string of the molecule is CCOC(=O)c1ccc(NC(=O)CCCn2nc(C)c(I)c2C)cc1. The van der Waals surface area contributed by atoms with Gasteiger partial charge in [-0.3, -0.25) is 9.48 Å².